The van der Waals surface area contributed by atoms with Crippen molar-refractivity contribution in [2.75, 3.05) is 0 Å². The molecule has 0 bridgehead atoms. The minimum absolute atomic E-state index is 0.0156. The Morgan fingerprint density at radius 1 is 1.35 bits per heavy atom. The lowest BCUT2D eigenvalue weighted by Gasteiger charge is -2.11. The highest BCUT2D eigenvalue weighted by Gasteiger charge is 2.19. The Morgan fingerprint density at radius 3 is 2.60 bits per heavy atom. The number of hydrogen-bond acceptors (Lipinski definition) is 1. The second-order valence-electron chi connectivity index (χ2n) is 4.94. The van der Waals surface area contributed by atoms with Crippen molar-refractivity contribution in [1.29, 1.82) is 0 Å². The van der Waals surface area contributed by atoms with Crippen molar-refractivity contribution >= 4 is 33.3 Å². The summed E-state index contributed by atoms with van der Waals surface area (Å²) in [6.07, 6.45) is 0. The van der Waals surface area contributed by atoms with E-state index in [0.717, 1.165) is 28.0 Å². The van der Waals surface area contributed by atoms with Crippen LogP contribution in [0.25, 0.3) is 0 Å². The van der Waals surface area contributed by atoms with E-state index in [2.05, 4.69) is 26.6 Å². The normalized spacial score (nSPS) is 12.4. The molecule has 1 heterocycles. The van der Waals surface area contributed by atoms with E-state index in [9.17, 15) is 4.79 Å². The summed E-state index contributed by atoms with van der Waals surface area (Å²) in [4.78, 5) is 12.1. The molecule has 0 fully saturated rings. The van der Waals surface area contributed by atoms with Crippen LogP contribution in [-0.2, 0) is 6.54 Å². The maximum absolute atomic E-state index is 12.1. The smallest absolute Gasteiger partial charge is 0.182 e. The lowest BCUT2D eigenvalue weighted by atomic mass is 10.1. The number of aryl methyl sites for hydroxylation is 1. The third-order valence-corrected chi connectivity index (χ3v) is 4.46. The SMILES string of the molecule is Cc1cc(C(=O)C(C)Cl)c(C)n1Cc1ccccc1Br. The van der Waals surface area contributed by atoms with Gasteiger partial charge in [0.05, 0.1) is 5.38 Å². The first kappa shape index (κ1) is 15.3. The van der Waals surface area contributed by atoms with E-state index >= 15 is 0 Å². The number of nitrogens with zero attached hydrogens (tertiary/aromatic N) is 1. The summed E-state index contributed by atoms with van der Waals surface area (Å²) < 4.78 is 3.22. The van der Waals surface area contributed by atoms with E-state index in [1.165, 1.54) is 5.56 Å². The molecule has 2 rings (SSSR count). The minimum Gasteiger partial charge on any atom is -0.344 e. The monoisotopic (exact) mass is 353 g/mol. The molecular formula is C16H17BrClNO. The van der Waals surface area contributed by atoms with Crippen LogP contribution in [0.3, 0.4) is 0 Å². The number of carbonyl (C=O) groups is 1. The lowest BCUT2D eigenvalue weighted by Crippen LogP contribution is -2.12. The Kier molecular flexibility index (Phi) is 4.71. The van der Waals surface area contributed by atoms with Gasteiger partial charge in [-0.25, -0.2) is 0 Å². The Hall–Kier alpha value is -1.06. The molecule has 0 aliphatic carbocycles. The second-order valence-corrected chi connectivity index (χ2v) is 6.45. The Bertz CT molecular complexity index is 646. The first-order chi connectivity index (χ1) is 9.41. The van der Waals surface area contributed by atoms with Gasteiger partial charge in [-0.15, -0.1) is 11.6 Å². The van der Waals surface area contributed by atoms with Crippen LogP contribution in [0.1, 0.15) is 34.2 Å². The predicted molar refractivity (Wildman–Crippen MR) is 86.8 cm³/mol. The first-order valence-electron chi connectivity index (χ1n) is 6.50. The summed E-state index contributed by atoms with van der Waals surface area (Å²) in [7, 11) is 0. The maximum Gasteiger partial charge on any atom is 0.182 e. The summed E-state index contributed by atoms with van der Waals surface area (Å²) >= 11 is 9.48. The number of hydrogen-bond donors (Lipinski definition) is 0. The number of ketones is 1. The van der Waals surface area contributed by atoms with Crippen molar-refractivity contribution in [3.8, 4) is 0 Å². The van der Waals surface area contributed by atoms with E-state index in [4.69, 9.17) is 11.6 Å². The lowest BCUT2D eigenvalue weighted by molar-refractivity contribution is 0.0991. The standard InChI is InChI=1S/C16H17BrClNO/c1-10-8-14(16(20)11(2)18)12(3)19(10)9-13-6-4-5-7-15(13)17/h4-8,11H,9H2,1-3H3. The fraction of sp³-hybridized carbons (Fsp3) is 0.312. The second kappa shape index (κ2) is 6.15. The maximum atomic E-state index is 12.1. The van der Waals surface area contributed by atoms with Crippen LogP contribution in [0.5, 0.6) is 0 Å². The largest absolute Gasteiger partial charge is 0.344 e. The van der Waals surface area contributed by atoms with Gasteiger partial charge in [-0.3, -0.25) is 4.79 Å². The number of carbonyl (C=O) groups excluding carboxylic acids is 1. The molecule has 0 saturated heterocycles. The molecule has 20 heavy (non-hydrogen) atoms. The van der Waals surface area contributed by atoms with Crippen LogP contribution >= 0.6 is 27.5 Å². The summed E-state index contributed by atoms with van der Waals surface area (Å²) in [5, 5.41) is -0.493. The van der Waals surface area contributed by atoms with E-state index in [-0.39, 0.29) is 5.78 Å². The zero-order chi connectivity index (χ0) is 14.9. The average Bonchev–Trinajstić information content (AvgIpc) is 2.68. The van der Waals surface area contributed by atoms with Crippen molar-refractivity contribution in [3.63, 3.8) is 0 Å². The molecule has 0 radical (unpaired) electrons. The average molecular weight is 355 g/mol. The van der Waals surface area contributed by atoms with Crippen LogP contribution in [-0.4, -0.2) is 15.7 Å². The fourth-order valence-corrected chi connectivity index (χ4v) is 2.83. The number of halogens is 2. The Balaban J connectivity index is 2.39. The van der Waals surface area contributed by atoms with Crippen LogP contribution in [0.15, 0.2) is 34.8 Å². The summed E-state index contributed by atoms with van der Waals surface area (Å²) in [6.45, 7) is 6.43. The molecule has 1 aromatic heterocycles. The van der Waals surface area contributed by atoms with Gasteiger partial charge in [0.2, 0.25) is 0 Å². The number of rotatable bonds is 4. The van der Waals surface area contributed by atoms with Crippen LogP contribution in [0.4, 0.5) is 0 Å². The molecule has 0 amide bonds. The predicted octanol–water partition coefficient (Wildman–Crippen LogP) is 4.73. The van der Waals surface area contributed by atoms with Gasteiger partial charge in [-0.05, 0) is 38.5 Å². The molecule has 1 unspecified atom stereocenters. The molecule has 0 saturated carbocycles. The zero-order valence-electron chi connectivity index (χ0n) is 11.8. The molecule has 0 aliphatic rings. The summed E-state index contributed by atoms with van der Waals surface area (Å²) in [6, 6.07) is 10.0. The Labute approximate surface area is 132 Å². The number of alkyl halides is 1. The van der Waals surface area contributed by atoms with Gasteiger partial charge in [-0.2, -0.15) is 0 Å². The highest BCUT2D eigenvalue weighted by Crippen LogP contribution is 2.23. The molecule has 1 aromatic carbocycles. The van der Waals surface area contributed by atoms with Crippen molar-refractivity contribution in [2.45, 2.75) is 32.7 Å². The molecule has 1 atom stereocenters. The summed E-state index contributed by atoms with van der Waals surface area (Å²) in [5.74, 6) is -0.0156. The molecule has 0 spiro atoms. The van der Waals surface area contributed by atoms with E-state index in [1.54, 1.807) is 6.92 Å². The van der Waals surface area contributed by atoms with Crippen molar-refractivity contribution in [3.05, 3.63) is 57.3 Å². The quantitative estimate of drug-likeness (QED) is 0.575. The molecular weight excluding hydrogens is 338 g/mol. The van der Waals surface area contributed by atoms with Gasteiger partial charge >= 0.3 is 0 Å². The van der Waals surface area contributed by atoms with Crippen LogP contribution < -0.4 is 0 Å². The highest BCUT2D eigenvalue weighted by molar-refractivity contribution is 9.10. The summed E-state index contributed by atoms with van der Waals surface area (Å²) in [5.41, 5.74) is 3.94. The van der Waals surface area contributed by atoms with Crippen molar-refractivity contribution < 1.29 is 4.79 Å². The Morgan fingerprint density at radius 2 is 2.00 bits per heavy atom. The van der Waals surface area contributed by atoms with Gasteiger partial charge in [0, 0.05) is 28.0 Å². The zero-order valence-corrected chi connectivity index (χ0v) is 14.1. The van der Waals surface area contributed by atoms with E-state index in [1.807, 2.05) is 38.1 Å². The van der Waals surface area contributed by atoms with Gasteiger partial charge in [0.25, 0.3) is 0 Å². The van der Waals surface area contributed by atoms with Crippen molar-refractivity contribution in [1.82, 2.24) is 4.57 Å². The number of aromatic nitrogens is 1. The van der Waals surface area contributed by atoms with Crippen LogP contribution in [0.2, 0.25) is 0 Å². The third-order valence-electron chi connectivity index (χ3n) is 3.49. The van der Waals surface area contributed by atoms with Gasteiger partial charge < -0.3 is 4.57 Å². The van der Waals surface area contributed by atoms with Crippen molar-refractivity contribution in [2.24, 2.45) is 0 Å². The molecule has 2 aromatic rings. The van der Waals surface area contributed by atoms with Gasteiger partial charge in [0.15, 0.2) is 5.78 Å². The van der Waals surface area contributed by atoms with Gasteiger partial charge in [0.1, 0.15) is 0 Å². The molecule has 2 nitrogen and oxygen atoms in total. The fourth-order valence-electron chi connectivity index (χ4n) is 2.31. The molecule has 4 heteroatoms. The molecule has 106 valence electrons. The van der Waals surface area contributed by atoms with Gasteiger partial charge in [-0.1, -0.05) is 34.1 Å². The highest BCUT2D eigenvalue weighted by atomic mass is 79.9. The third kappa shape index (κ3) is 2.99. The first-order valence-corrected chi connectivity index (χ1v) is 7.73. The minimum atomic E-state index is -0.493. The molecule has 0 aliphatic heterocycles. The molecule has 0 N–H and O–H groups in total. The van der Waals surface area contributed by atoms with Crippen LogP contribution in [0, 0.1) is 13.8 Å². The number of benzene rings is 1. The number of Topliss-reactive ketones (excluding diaryl/α,β-unsaturated/α-hetero) is 1. The van der Waals surface area contributed by atoms with E-state index in [0.29, 0.717) is 0 Å². The van der Waals surface area contributed by atoms with E-state index < -0.39 is 5.38 Å². The topological polar surface area (TPSA) is 22.0 Å².